The van der Waals surface area contributed by atoms with E-state index in [2.05, 4.69) is 60.2 Å². The molecular formula is C25H25N5O. The van der Waals surface area contributed by atoms with Crippen molar-refractivity contribution in [2.75, 3.05) is 5.01 Å². The second-order valence-corrected chi connectivity index (χ2v) is 8.29. The third kappa shape index (κ3) is 3.71. The van der Waals surface area contributed by atoms with E-state index in [-0.39, 0.29) is 11.4 Å². The molecule has 1 aliphatic heterocycles. The van der Waals surface area contributed by atoms with Crippen molar-refractivity contribution < 1.29 is 4.79 Å². The molecule has 156 valence electrons. The number of aromatic nitrogens is 1. The van der Waals surface area contributed by atoms with Crippen molar-refractivity contribution in [3.63, 3.8) is 0 Å². The third-order valence-corrected chi connectivity index (χ3v) is 5.75. The highest BCUT2D eigenvalue weighted by atomic mass is 16.2. The molecule has 1 aliphatic rings. The van der Waals surface area contributed by atoms with E-state index in [0.717, 1.165) is 23.1 Å². The maximum atomic E-state index is 12.4. The number of amides is 2. The number of carbonyl (C=O) groups is 1. The van der Waals surface area contributed by atoms with Gasteiger partial charge in [0.15, 0.2) is 5.71 Å². The first kappa shape index (κ1) is 20.4. The number of hydrogen-bond donors (Lipinski definition) is 2. The Hall–Kier alpha value is -3.85. The van der Waals surface area contributed by atoms with Crippen molar-refractivity contribution >= 4 is 28.3 Å². The van der Waals surface area contributed by atoms with Crippen molar-refractivity contribution in [1.29, 1.82) is 5.26 Å². The van der Waals surface area contributed by atoms with Crippen molar-refractivity contribution in [3.8, 4) is 6.07 Å². The molecule has 2 heterocycles. The summed E-state index contributed by atoms with van der Waals surface area (Å²) in [7, 11) is 0. The van der Waals surface area contributed by atoms with Crippen LogP contribution in [0.4, 0.5) is 10.5 Å². The van der Waals surface area contributed by atoms with Crippen LogP contribution in [0, 0.1) is 25.2 Å². The Morgan fingerprint density at radius 3 is 2.55 bits per heavy atom. The average Bonchev–Trinajstić information content (AvgIpc) is 3.14. The van der Waals surface area contributed by atoms with E-state index < -0.39 is 6.03 Å². The minimum atomic E-state index is -0.422. The molecule has 1 aromatic heterocycles. The number of hydrazone groups is 1. The summed E-state index contributed by atoms with van der Waals surface area (Å²) in [5, 5.41) is 18.5. The highest BCUT2D eigenvalue weighted by Gasteiger charge is 2.25. The number of hydrogen-bond acceptors (Lipinski definition) is 3. The number of benzene rings is 2. The van der Waals surface area contributed by atoms with Crippen LogP contribution in [-0.4, -0.2) is 16.7 Å². The Kier molecular flexibility index (Phi) is 5.12. The Bertz CT molecular complexity index is 1270. The Balaban J connectivity index is 1.69. The molecule has 0 radical (unpaired) electrons. The van der Waals surface area contributed by atoms with Crippen molar-refractivity contribution in [3.05, 3.63) is 76.6 Å². The lowest BCUT2D eigenvalue weighted by molar-refractivity contribution is 0.248. The van der Waals surface area contributed by atoms with Gasteiger partial charge in [0.25, 0.3) is 0 Å². The first-order chi connectivity index (χ1) is 14.8. The van der Waals surface area contributed by atoms with Crippen LogP contribution in [0.25, 0.3) is 10.9 Å². The zero-order valence-electron chi connectivity index (χ0n) is 18.2. The van der Waals surface area contributed by atoms with E-state index in [4.69, 9.17) is 0 Å². The lowest BCUT2D eigenvalue weighted by Crippen LogP contribution is -2.43. The molecule has 0 spiro atoms. The highest BCUT2D eigenvalue weighted by Crippen LogP contribution is 2.30. The summed E-state index contributed by atoms with van der Waals surface area (Å²) in [6, 6.07) is 12.0. The van der Waals surface area contributed by atoms with Gasteiger partial charge in [-0.15, -0.1) is 0 Å². The monoisotopic (exact) mass is 411 g/mol. The Morgan fingerprint density at radius 2 is 1.90 bits per heavy atom. The Morgan fingerprint density at radius 1 is 1.19 bits per heavy atom. The quantitative estimate of drug-likeness (QED) is 0.601. The van der Waals surface area contributed by atoms with Crippen molar-refractivity contribution in [1.82, 2.24) is 10.3 Å². The predicted octanol–water partition coefficient (Wildman–Crippen LogP) is 5.42. The van der Waals surface area contributed by atoms with Gasteiger partial charge >= 0.3 is 6.03 Å². The summed E-state index contributed by atoms with van der Waals surface area (Å²) in [6.07, 6.45) is 2.89. The zero-order chi connectivity index (χ0) is 22.3. The largest absolute Gasteiger partial charge is 0.361 e. The lowest BCUT2D eigenvalue weighted by atomic mass is 9.93. The number of nitriles is 1. The minimum absolute atomic E-state index is 0.0970. The van der Waals surface area contributed by atoms with E-state index in [9.17, 15) is 10.1 Å². The number of nitrogens with one attached hydrogen (secondary N) is 2. The molecule has 6 heteroatoms. The van der Waals surface area contributed by atoms with E-state index in [1.807, 2.05) is 32.0 Å². The van der Waals surface area contributed by atoms with Crippen LogP contribution in [-0.2, 0) is 6.42 Å². The van der Waals surface area contributed by atoms with Crippen molar-refractivity contribution in [2.24, 2.45) is 5.10 Å². The van der Waals surface area contributed by atoms with Gasteiger partial charge in [-0.25, -0.2) is 4.79 Å². The van der Waals surface area contributed by atoms with Crippen LogP contribution < -0.4 is 10.3 Å². The summed E-state index contributed by atoms with van der Waals surface area (Å²) in [5.74, 6) is 0.456. The molecular weight excluding hydrogens is 386 g/mol. The number of rotatable bonds is 4. The summed E-state index contributed by atoms with van der Waals surface area (Å²) in [6.45, 7) is 12.1. The molecule has 0 saturated heterocycles. The van der Waals surface area contributed by atoms with Crippen molar-refractivity contribution in [2.45, 2.75) is 40.0 Å². The molecule has 0 aliphatic carbocycles. The number of fused-ring (bicyclic) bond motifs is 1. The van der Waals surface area contributed by atoms with Crippen LogP contribution in [0.2, 0.25) is 0 Å². The van der Waals surface area contributed by atoms with Gasteiger partial charge in [-0.1, -0.05) is 26.5 Å². The summed E-state index contributed by atoms with van der Waals surface area (Å²) < 4.78 is 0. The number of aromatic amines is 1. The van der Waals surface area contributed by atoms with Crippen LogP contribution in [0.15, 0.2) is 53.9 Å². The number of aryl methyl sites for hydroxylation is 2. The van der Waals surface area contributed by atoms with E-state index in [0.29, 0.717) is 11.6 Å². The molecule has 31 heavy (non-hydrogen) atoms. The highest BCUT2D eigenvalue weighted by molar-refractivity contribution is 6.17. The van der Waals surface area contributed by atoms with Gasteiger partial charge in [-0.05, 0) is 78.3 Å². The summed E-state index contributed by atoms with van der Waals surface area (Å²) in [4.78, 5) is 15.7. The lowest BCUT2D eigenvalue weighted by Gasteiger charge is -2.24. The number of nitrogens with zero attached hydrogens (tertiary/aromatic N) is 3. The maximum absolute atomic E-state index is 12.4. The molecule has 2 N–H and O–H groups in total. The second kappa shape index (κ2) is 7.77. The van der Waals surface area contributed by atoms with E-state index >= 15 is 0 Å². The molecule has 4 rings (SSSR count). The third-order valence-electron chi connectivity index (χ3n) is 5.75. The first-order valence-electron chi connectivity index (χ1n) is 10.3. The molecule has 6 nitrogen and oxygen atoms in total. The van der Waals surface area contributed by atoms with Crippen LogP contribution >= 0.6 is 0 Å². The summed E-state index contributed by atoms with van der Waals surface area (Å²) in [5.41, 5.74) is 8.01. The fourth-order valence-electron chi connectivity index (χ4n) is 4.06. The van der Waals surface area contributed by atoms with Gasteiger partial charge in [-0.2, -0.15) is 15.4 Å². The van der Waals surface area contributed by atoms with Gasteiger partial charge in [0.2, 0.25) is 0 Å². The molecule has 0 bridgehead atoms. The SMILES string of the molecule is C=C1NC(=O)N(c2cc(C)c(Cc3ccc4[nH]cc(C(C)C)c4c3)c(C)c2)N=C1C#N. The van der Waals surface area contributed by atoms with E-state index in [1.165, 1.54) is 27.1 Å². The number of urea groups is 1. The molecule has 0 unspecified atom stereocenters. The fraction of sp³-hybridized carbons (Fsp3) is 0.240. The zero-order valence-corrected chi connectivity index (χ0v) is 18.2. The van der Waals surface area contributed by atoms with E-state index in [1.54, 1.807) is 0 Å². The fourth-order valence-corrected chi connectivity index (χ4v) is 4.06. The second-order valence-electron chi connectivity index (χ2n) is 8.29. The molecule has 2 aromatic carbocycles. The summed E-state index contributed by atoms with van der Waals surface area (Å²) >= 11 is 0. The molecule has 3 aromatic rings. The smallest absolute Gasteiger partial charge is 0.347 e. The number of allylic oxidation sites excluding steroid dienone is 1. The number of anilines is 1. The van der Waals surface area contributed by atoms with Gasteiger partial charge in [-0.3, -0.25) is 0 Å². The molecule has 0 fully saturated rings. The number of carbonyl (C=O) groups excluding carboxylic acids is 1. The first-order valence-corrected chi connectivity index (χ1v) is 10.3. The average molecular weight is 412 g/mol. The standard InChI is InChI=1S/C25H25N5O/c1-14(2)22-13-27-23-7-6-18(11-21(22)23)10-20-15(3)8-19(9-16(20)4)30-25(31)28-17(5)24(12-26)29-30/h6-9,11,13-14,27H,5,10H2,1-4H3,(H,28,31). The predicted molar refractivity (Wildman–Crippen MR) is 124 cm³/mol. The van der Waals surface area contributed by atoms with Gasteiger partial charge in [0, 0.05) is 17.1 Å². The van der Waals surface area contributed by atoms with Crippen LogP contribution in [0.1, 0.15) is 47.6 Å². The normalized spacial score (nSPS) is 14.1. The molecule has 0 atom stereocenters. The Labute approximate surface area is 181 Å². The minimum Gasteiger partial charge on any atom is -0.361 e. The van der Waals surface area contributed by atoms with Gasteiger partial charge < -0.3 is 10.3 Å². The number of H-pyrrole nitrogens is 1. The topological polar surface area (TPSA) is 84.3 Å². The molecule has 2 amide bonds. The van der Waals surface area contributed by atoms with Gasteiger partial charge in [0.1, 0.15) is 6.07 Å². The molecule has 0 saturated carbocycles. The van der Waals surface area contributed by atoms with Crippen LogP contribution in [0.5, 0.6) is 0 Å². The van der Waals surface area contributed by atoms with Crippen LogP contribution in [0.3, 0.4) is 0 Å². The van der Waals surface area contributed by atoms with Gasteiger partial charge in [0.05, 0.1) is 11.4 Å². The maximum Gasteiger partial charge on any atom is 0.347 e.